The fraction of sp³-hybridized carbons (Fsp3) is 0.167. The van der Waals surface area contributed by atoms with Crippen LogP contribution in [0.4, 0.5) is 14.9 Å². The third-order valence-corrected chi connectivity index (χ3v) is 4.24. The molecule has 3 heterocycles. The lowest BCUT2D eigenvalue weighted by atomic mass is 10.1. The fourth-order valence-electron chi connectivity index (χ4n) is 2.99. The van der Waals surface area contributed by atoms with Gasteiger partial charge < -0.3 is 10.2 Å². The molecule has 0 bridgehead atoms. The number of rotatable bonds is 1. The van der Waals surface area contributed by atoms with E-state index >= 15 is 0 Å². The molecule has 1 N–H and O–H groups in total. The van der Waals surface area contributed by atoms with Crippen LogP contribution in [0.15, 0.2) is 53.5 Å². The molecule has 0 fully saturated rings. The Labute approximate surface area is 142 Å². The number of nitrogens with one attached hydrogen (secondary N) is 1. The Morgan fingerprint density at radius 3 is 2.92 bits per heavy atom. The normalized spacial score (nSPS) is 13.6. The lowest BCUT2D eigenvalue weighted by Gasteiger charge is -2.28. The number of nitrogens with zero attached hydrogens (tertiary/aromatic N) is 3. The molecule has 6 nitrogen and oxygen atoms in total. The Kier molecular flexibility index (Phi) is 3.68. The highest BCUT2D eigenvalue weighted by Gasteiger charge is 2.25. The van der Waals surface area contributed by atoms with Crippen LogP contribution in [-0.2, 0) is 13.0 Å². The van der Waals surface area contributed by atoms with Crippen molar-refractivity contribution in [1.82, 2.24) is 14.3 Å². The van der Waals surface area contributed by atoms with E-state index in [9.17, 15) is 14.0 Å². The summed E-state index contributed by atoms with van der Waals surface area (Å²) in [4.78, 5) is 31.1. The Morgan fingerprint density at radius 2 is 2.08 bits per heavy atom. The standard InChI is InChI=1S/C18H15FN4O2/c19-12-4-3-5-13(10-12)20-18(25)22-9-7-15-14(11-22)17(24)23-8-2-1-6-16(23)21-15/h1-6,8,10H,7,9,11H2,(H,20,25). The maximum Gasteiger partial charge on any atom is 0.322 e. The highest BCUT2D eigenvalue weighted by molar-refractivity contribution is 5.89. The van der Waals surface area contributed by atoms with Crippen molar-refractivity contribution in [2.75, 3.05) is 11.9 Å². The molecule has 4 rings (SSSR count). The van der Waals surface area contributed by atoms with Crippen molar-refractivity contribution in [2.24, 2.45) is 0 Å². The van der Waals surface area contributed by atoms with Gasteiger partial charge in [0.15, 0.2) is 0 Å². The van der Waals surface area contributed by atoms with Crippen LogP contribution in [0.1, 0.15) is 11.3 Å². The van der Waals surface area contributed by atoms with Gasteiger partial charge in [0, 0.05) is 24.8 Å². The van der Waals surface area contributed by atoms with E-state index in [1.807, 2.05) is 6.07 Å². The minimum Gasteiger partial charge on any atom is -0.320 e. The second kappa shape index (κ2) is 6.01. The minimum absolute atomic E-state index is 0.163. The molecule has 0 atom stereocenters. The Morgan fingerprint density at radius 1 is 1.20 bits per heavy atom. The molecule has 1 aliphatic heterocycles. The zero-order valence-electron chi connectivity index (χ0n) is 13.3. The molecule has 0 saturated carbocycles. The van der Waals surface area contributed by atoms with Crippen LogP contribution >= 0.6 is 0 Å². The number of anilines is 1. The van der Waals surface area contributed by atoms with Crippen LogP contribution in [0, 0.1) is 5.82 Å². The van der Waals surface area contributed by atoms with E-state index in [4.69, 9.17) is 0 Å². The van der Waals surface area contributed by atoms with Crippen LogP contribution in [0.25, 0.3) is 5.65 Å². The number of amides is 2. The van der Waals surface area contributed by atoms with Gasteiger partial charge in [0.1, 0.15) is 11.5 Å². The van der Waals surface area contributed by atoms with Crippen LogP contribution < -0.4 is 10.9 Å². The van der Waals surface area contributed by atoms with Gasteiger partial charge in [0.2, 0.25) is 0 Å². The molecule has 126 valence electrons. The number of urea groups is 1. The van der Waals surface area contributed by atoms with Crippen LogP contribution in [-0.4, -0.2) is 26.9 Å². The zero-order chi connectivity index (χ0) is 17.4. The molecule has 0 unspecified atom stereocenters. The molecule has 0 saturated heterocycles. The van der Waals surface area contributed by atoms with Crippen molar-refractivity contribution in [3.63, 3.8) is 0 Å². The Balaban J connectivity index is 1.61. The van der Waals surface area contributed by atoms with Crippen LogP contribution in [0.2, 0.25) is 0 Å². The minimum atomic E-state index is -0.421. The third-order valence-electron chi connectivity index (χ3n) is 4.24. The van der Waals surface area contributed by atoms with Crippen LogP contribution in [0.5, 0.6) is 0 Å². The van der Waals surface area contributed by atoms with Gasteiger partial charge in [0.05, 0.1) is 17.8 Å². The summed E-state index contributed by atoms with van der Waals surface area (Å²) in [5.41, 5.74) is 2.06. The van der Waals surface area contributed by atoms with Crippen molar-refractivity contribution in [3.05, 3.63) is 76.1 Å². The van der Waals surface area contributed by atoms with Gasteiger partial charge in [-0.3, -0.25) is 9.20 Å². The predicted molar refractivity (Wildman–Crippen MR) is 91.0 cm³/mol. The van der Waals surface area contributed by atoms with E-state index in [1.54, 1.807) is 24.4 Å². The maximum absolute atomic E-state index is 13.2. The molecule has 1 aromatic carbocycles. The lowest BCUT2D eigenvalue weighted by molar-refractivity contribution is 0.205. The number of pyridine rings is 1. The number of carbonyl (C=O) groups excluding carboxylic acids is 1. The number of hydrogen-bond donors (Lipinski definition) is 1. The van der Waals surface area contributed by atoms with Crippen molar-refractivity contribution in [3.8, 4) is 0 Å². The summed E-state index contributed by atoms with van der Waals surface area (Å²) >= 11 is 0. The first-order valence-electron chi connectivity index (χ1n) is 7.92. The molecule has 25 heavy (non-hydrogen) atoms. The van der Waals surface area contributed by atoms with Gasteiger partial charge in [-0.05, 0) is 30.3 Å². The quantitative estimate of drug-likeness (QED) is 0.741. The molecular formula is C18H15FN4O2. The molecule has 3 aromatic rings. The van der Waals surface area contributed by atoms with E-state index < -0.39 is 5.82 Å². The van der Waals surface area contributed by atoms with E-state index in [1.165, 1.54) is 27.5 Å². The van der Waals surface area contributed by atoms with Crippen molar-refractivity contribution in [1.29, 1.82) is 0 Å². The average Bonchev–Trinajstić information content (AvgIpc) is 2.62. The molecule has 2 aromatic heterocycles. The number of aromatic nitrogens is 2. The molecule has 0 spiro atoms. The lowest BCUT2D eigenvalue weighted by Crippen LogP contribution is -2.42. The largest absolute Gasteiger partial charge is 0.322 e. The molecule has 1 aliphatic rings. The van der Waals surface area contributed by atoms with E-state index in [2.05, 4.69) is 10.3 Å². The number of benzene rings is 1. The van der Waals surface area contributed by atoms with Gasteiger partial charge in [0.25, 0.3) is 5.56 Å². The first-order valence-corrected chi connectivity index (χ1v) is 7.92. The average molecular weight is 338 g/mol. The van der Waals surface area contributed by atoms with Gasteiger partial charge >= 0.3 is 6.03 Å². The molecule has 7 heteroatoms. The first kappa shape index (κ1) is 15.3. The zero-order valence-corrected chi connectivity index (χ0v) is 13.3. The fourth-order valence-corrected chi connectivity index (χ4v) is 2.99. The number of hydrogen-bond acceptors (Lipinski definition) is 3. The summed E-state index contributed by atoms with van der Waals surface area (Å²) in [6.45, 7) is 0.629. The predicted octanol–water partition coefficient (Wildman–Crippen LogP) is 2.42. The molecule has 2 amide bonds. The van der Waals surface area contributed by atoms with Crippen LogP contribution in [0.3, 0.4) is 0 Å². The second-order valence-electron chi connectivity index (χ2n) is 5.88. The summed E-state index contributed by atoms with van der Waals surface area (Å²) in [5.74, 6) is -0.421. The monoisotopic (exact) mass is 338 g/mol. The van der Waals surface area contributed by atoms with Gasteiger partial charge in [-0.2, -0.15) is 0 Å². The van der Waals surface area contributed by atoms with E-state index in [0.29, 0.717) is 29.9 Å². The first-order chi connectivity index (χ1) is 12.1. The highest BCUT2D eigenvalue weighted by Crippen LogP contribution is 2.17. The second-order valence-corrected chi connectivity index (χ2v) is 5.88. The van der Waals surface area contributed by atoms with Crippen molar-refractivity contribution < 1.29 is 9.18 Å². The molecular weight excluding hydrogens is 323 g/mol. The topological polar surface area (TPSA) is 66.7 Å². The molecule has 0 radical (unpaired) electrons. The summed E-state index contributed by atoms with van der Waals surface area (Å²) < 4.78 is 14.7. The van der Waals surface area contributed by atoms with Crippen molar-refractivity contribution in [2.45, 2.75) is 13.0 Å². The smallest absolute Gasteiger partial charge is 0.320 e. The molecule has 0 aliphatic carbocycles. The van der Waals surface area contributed by atoms with E-state index in [0.717, 1.165) is 5.69 Å². The summed E-state index contributed by atoms with van der Waals surface area (Å²) in [6.07, 6.45) is 2.17. The maximum atomic E-state index is 13.2. The Bertz CT molecular complexity index is 1030. The summed E-state index contributed by atoms with van der Waals surface area (Å²) in [6, 6.07) is 10.7. The Hall–Kier alpha value is -3.22. The third kappa shape index (κ3) is 2.84. The SMILES string of the molecule is O=C(Nc1cccc(F)c1)N1CCc2nc3ccccn3c(=O)c2C1. The number of fused-ring (bicyclic) bond motifs is 2. The van der Waals surface area contributed by atoms with Crippen molar-refractivity contribution >= 4 is 17.4 Å². The number of halogens is 1. The van der Waals surface area contributed by atoms with E-state index in [-0.39, 0.29) is 18.1 Å². The van der Waals surface area contributed by atoms with Gasteiger partial charge in [-0.1, -0.05) is 12.1 Å². The van der Waals surface area contributed by atoms with Gasteiger partial charge in [-0.25, -0.2) is 14.2 Å². The number of carbonyl (C=O) groups is 1. The highest BCUT2D eigenvalue weighted by atomic mass is 19.1. The summed E-state index contributed by atoms with van der Waals surface area (Å²) in [5, 5.41) is 2.66. The summed E-state index contributed by atoms with van der Waals surface area (Å²) in [7, 11) is 0. The van der Waals surface area contributed by atoms with Gasteiger partial charge in [-0.15, -0.1) is 0 Å².